The molecule has 0 aliphatic rings. The highest BCUT2D eigenvalue weighted by Crippen LogP contribution is 2.09. The molecule has 20 heavy (non-hydrogen) atoms. The fourth-order valence-corrected chi connectivity index (χ4v) is 2.00. The van der Waals surface area contributed by atoms with Gasteiger partial charge in [0, 0.05) is 24.0 Å². The fraction of sp³-hybridized carbons (Fsp3) is 0.0667. The molecule has 5 nitrogen and oxygen atoms in total. The van der Waals surface area contributed by atoms with Crippen LogP contribution in [0.3, 0.4) is 0 Å². The molecule has 100 valence electrons. The normalized spacial score (nSPS) is 10.4. The summed E-state index contributed by atoms with van der Waals surface area (Å²) in [5.74, 6) is 0. The average molecular weight is 266 g/mol. The number of carbonyl (C=O) groups is 1. The second-order valence-corrected chi connectivity index (χ2v) is 4.37. The molecule has 2 N–H and O–H groups in total. The predicted octanol–water partition coefficient (Wildman–Crippen LogP) is 2.66. The number of nitrogens with zero attached hydrogens (tertiary/aromatic N) is 2. The number of para-hydroxylation sites is 1. The van der Waals surface area contributed by atoms with Crippen LogP contribution in [-0.2, 0) is 6.54 Å². The van der Waals surface area contributed by atoms with Gasteiger partial charge in [0.25, 0.3) is 0 Å². The molecule has 0 unspecified atom stereocenters. The van der Waals surface area contributed by atoms with Crippen LogP contribution in [0, 0.1) is 0 Å². The van der Waals surface area contributed by atoms with Crippen LogP contribution >= 0.6 is 0 Å². The molecule has 2 aromatic heterocycles. The summed E-state index contributed by atoms with van der Waals surface area (Å²) < 4.78 is 1.78. The van der Waals surface area contributed by atoms with Gasteiger partial charge in [-0.3, -0.25) is 0 Å². The van der Waals surface area contributed by atoms with Crippen LogP contribution in [0.4, 0.5) is 10.5 Å². The molecule has 0 saturated heterocycles. The van der Waals surface area contributed by atoms with E-state index in [4.69, 9.17) is 0 Å². The van der Waals surface area contributed by atoms with Crippen molar-refractivity contribution in [3.05, 3.63) is 66.5 Å². The number of anilines is 1. The molecule has 0 atom stereocenters. The van der Waals surface area contributed by atoms with Gasteiger partial charge in [0.05, 0.1) is 11.7 Å². The van der Waals surface area contributed by atoms with E-state index >= 15 is 0 Å². The van der Waals surface area contributed by atoms with Gasteiger partial charge < -0.3 is 10.6 Å². The lowest BCUT2D eigenvalue weighted by molar-refractivity contribution is 0.252. The van der Waals surface area contributed by atoms with Gasteiger partial charge in [0.15, 0.2) is 0 Å². The molecule has 0 bridgehead atoms. The van der Waals surface area contributed by atoms with E-state index in [9.17, 15) is 4.79 Å². The molecule has 0 saturated carbocycles. The number of fused-ring (bicyclic) bond motifs is 1. The molecule has 2 amide bonds. The molecule has 0 aliphatic carbocycles. The van der Waals surface area contributed by atoms with Crippen molar-refractivity contribution in [2.75, 3.05) is 5.32 Å². The minimum absolute atomic E-state index is 0.230. The van der Waals surface area contributed by atoms with Gasteiger partial charge in [-0.1, -0.05) is 24.3 Å². The van der Waals surface area contributed by atoms with Gasteiger partial charge in [0.1, 0.15) is 0 Å². The van der Waals surface area contributed by atoms with Crippen LogP contribution in [-0.4, -0.2) is 15.6 Å². The summed E-state index contributed by atoms with van der Waals surface area (Å²) in [5.41, 5.74) is 2.74. The van der Waals surface area contributed by atoms with Crippen LogP contribution < -0.4 is 10.6 Å². The summed E-state index contributed by atoms with van der Waals surface area (Å²) in [6, 6.07) is 14.9. The van der Waals surface area contributed by atoms with Gasteiger partial charge in [0.2, 0.25) is 0 Å². The third kappa shape index (κ3) is 2.61. The van der Waals surface area contributed by atoms with Gasteiger partial charge >= 0.3 is 6.03 Å². The average Bonchev–Trinajstić information content (AvgIpc) is 2.89. The summed E-state index contributed by atoms with van der Waals surface area (Å²) in [6.07, 6.45) is 3.64. The quantitative estimate of drug-likeness (QED) is 0.765. The first-order valence-electron chi connectivity index (χ1n) is 6.34. The van der Waals surface area contributed by atoms with Crippen molar-refractivity contribution in [1.29, 1.82) is 0 Å². The Morgan fingerprint density at radius 3 is 2.75 bits per heavy atom. The van der Waals surface area contributed by atoms with Crippen molar-refractivity contribution in [3.8, 4) is 0 Å². The highest BCUT2D eigenvalue weighted by atomic mass is 16.2. The van der Waals surface area contributed by atoms with E-state index in [1.54, 1.807) is 10.7 Å². The number of carbonyl (C=O) groups excluding carboxylic acids is 1. The topological polar surface area (TPSA) is 58.4 Å². The largest absolute Gasteiger partial charge is 0.334 e. The monoisotopic (exact) mass is 266 g/mol. The zero-order valence-electron chi connectivity index (χ0n) is 10.8. The SMILES string of the molecule is O=C(NCc1cnn2ccccc12)Nc1ccccc1. The van der Waals surface area contributed by atoms with Gasteiger partial charge in [-0.25, -0.2) is 9.31 Å². The predicted molar refractivity (Wildman–Crippen MR) is 77.5 cm³/mol. The summed E-state index contributed by atoms with van der Waals surface area (Å²) in [4.78, 5) is 11.8. The van der Waals surface area contributed by atoms with Crippen LogP contribution in [0.1, 0.15) is 5.56 Å². The number of aromatic nitrogens is 2. The molecule has 3 aromatic rings. The number of amides is 2. The molecule has 1 aromatic carbocycles. The lowest BCUT2D eigenvalue weighted by Crippen LogP contribution is -2.28. The number of nitrogens with one attached hydrogen (secondary N) is 2. The third-order valence-corrected chi connectivity index (χ3v) is 2.98. The number of hydrogen-bond donors (Lipinski definition) is 2. The molecular formula is C15H14N4O. The highest BCUT2D eigenvalue weighted by molar-refractivity contribution is 5.89. The summed E-state index contributed by atoms with van der Waals surface area (Å²) in [5, 5.41) is 9.82. The second kappa shape index (κ2) is 5.44. The Morgan fingerprint density at radius 2 is 1.90 bits per heavy atom. The molecular weight excluding hydrogens is 252 g/mol. The molecule has 2 heterocycles. The maximum Gasteiger partial charge on any atom is 0.319 e. The van der Waals surface area contributed by atoms with Crippen molar-refractivity contribution >= 4 is 17.2 Å². The Kier molecular flexibility index (Phi) is 3.33. The smallest absolute Gasteiger partial charge is 0.319 e. The van der Waals surface area contributed by atoms with Crippen molar-refractivity contribution in [1.82, 2.24) is 14.9 Å². The Hall–Kier alpha value is -2.82. The molecule has 5 heteroatoms. The highest BCUT2D eigenvalue weighted by Gasteiger charge is 2.05. The molecule has 0 aliphatic heterocycles. The van der Waals surface area contributed by atoms with E-state index in [-0.39, 0.29) is 6.03 Å². The zero-order valence-corrected chi connectivity index (χ0v) is 10.8. The number of pyridine rings is 1. The van der Waals surface area contributed by atoms with E-state index in [0.29, 0.717) is 6.54 Å². The van der Waals surface area contributed by atoms with E-state index < -0.39 is 0 Å². The van der Waals surface area contributed by atoms with Gasteiger partial charge in [-0.15, -0.1) is 0 Å². The Morgan fingerprint density at radius 1 is 1.10 bits per heavy atom. The van der Waals surface area contributed by atoms with E-state index in [2.05, 4.69) is 15.7 Å². The summed E-state index contributed by atoms with van der Waals surface area (Å²) in [6.45, 7) is 0.437. The standard InChI is InChI=1S/C15H14N4O/c20-15(18-13-6-2-1-3-7-13)16-10-12-11-17-19-9-5-4-8-14(12)19/h1-9,11H,10H2,(H2,16,18,20). The number of benzene rings is 1. The van der Waals surface area contributed by atoms with Crippen molar-refractivity contribution in [3.63, 3.8) is 0 Å². The Labute approximate surface area is 116 Å². The molecule has 0 radical (unpaired) electrons. The second-order valence-electron chi connectivity index (χ2n) is 4.37. The lowest BCUT2D eigenvalue weighted by Gasteiger charge is -2.06. The third-order valence-electron chi connectivity index (χ3n) is 2.98. The summed E-state index contributed by atoms with van der Waals surface area (Å²) >= 11 is 0. The lowest BCUT2D eigenvalue weighted by atomic mass is 10.2. The molecule has 0 fully saturated rings. The first kappa shape index (κ1) is 12.2. The van der Waals surface area contributed by atoms with Gasteiger partial charge in [-0.2, -0.15) is 5.10 Å². The number of urea groups is 1. The minimum Gasteiger partial charge on any atom is -0.334 e. The van der Waals surface area contributed by atoms with Crippen LogP contribution in [0.5, 0.6) is 0 Å². The summed E-state index contributed by atoms with van der Waals surface area (Å²) in [7, 11) is 0. The maximum absolute atomic E-state index is 11.8. The van der Waals surface area contributed by atoms with Crippen molar-refractivity contribution in [2.45, 2.75) is 6.54 Å². The van der Waals surface area contributed by atoms with Crippen molar-refractivity contribution in [2.24, 2.45) is 0 Å². The number of hydrogen-bond acceptors (Lipinski definition) is 2. The zero-order chi connectivity index (χ0) is 13.8. The first-order chi connectivity index (χ1) is 9.83. The first-order valence-corrected chi connectivity index (χ1v) is 6.34. The van der Waals surface area contributed by atoms with E-state index in [1.807, 2.05) is 54.7 Å². The van der Waals surface area contributed by atoms with Crippen LogP contribution in [0.2, 0.25) is 0 Å². The minimum atomic E-state index is -0.230. The molecule has 0 spiro atoms. The Balaban J connectivity index is 1.63. The van der Waals surface area contributed by atoms with Gasteiger partial charge in [-0.05, 0) is 24.3 Å². The molecule has 3 rings (SSSR count). The Bertz CT molecular complexity index is 721. The van der Waals surface area contributed by atoms with Crippen LogP contribution in [0.25, 0.3) is 5.52 Å². The van der Waals surface area contributed by atoms with E-state index in [1.165, 1.54) is 0 Å². The van der Waals surface area contributed by atoms with Crippen molar-refractivity contribution < 1.29 is 4.79 Å². The van der Waals surface area contributed by atoms with Crippen LogP contribution in [0.15, 0.2) is 60.9 Å². The number of rotatable bonds is 3. The van der Waals surface area contributed by atoms with E-state index in [0.717, 1.165) is 16.8 Å². The maximum atomic E-state index is 11.8. The fourth-order valence-electron chi connectivity index (χ4n) is 2.00.